The highest BCUT2D eigenvalue weighted by Crippen LogP contribution is 2.49. The number of nitrogens with zero attached hydrogens (tertiary/aromatic N) is 6. The summed E-state index contributed by atoms with van der Waals surface area (Å²) in [6, 6.07) is 23.5. The standard InChI is InChI=1S/C23H26ClN3O3.C18H17N3O6S.C15H14Cl5N3O2/c1-6-19(30-17-9-7-8-13(2)11-17)22(28)25-21-16(5)23(29)27(26-21)20-15(4)10-14(3)12-18(20)24;1-11-17(19-12(2)22)20-21(18(11)23)13-8-9-15(16(10-13)28(24,25)26)27-14-6-4-3-5-7-14;1-5-12(21-14(25)15(2,3)4)22-23(13(5)24)11-9(19)7(17)6(16)8(18)10(11)20/h7-12,16,19H,6H2,1-5H3,(H,25,26,28);3-11H,1-2H3,(H,19,20,22)(H,24,25,26);5H,1-4H3,(H,21,22,25). The lowest BCUT2D eigenvalue weighted by Gasteiger charge is -2.18. The molecule has 440 valence electrons. The third-order valence-electron chi connectivity index (χ3n) is 12.4. The van der Waals surface area contributed by atoms with Crippen molar-refractivity contribution in [3.63, 3.8) is 0 Å². The molecule has 5 aromatic carbocycles. The highest BCUT2D eigenvalue weighted by atomic mass is 35.5. The van der Waals surface area contributed by atoms with E-state index in [1.165, 1.54) is 24.1 Å². The van der Waals surface area contributed by atoms with Crippen LogP contribution in [0.2, 0.25) is 30.1 Å². The Morgan fingerprint density at radius 1 is 0.639 bits per heavy atom. The minimum absolute atomic E-state index is 0.0135. The number of nitrogens with one attached hydrogen (secondary N) is 3. The average Bonchev–Trinajstić information content (AvgIpc) is 4.13. The van der Waals surface area contributed by atoms with Gasteiger partial charge in [0.1, 0.15) is 45.3 Å². The number of para-hydroxylation sites is 1. The second-order valence-electron chi connectivity index (χ2n) is 20.1. The van der Waals surface area contributed by atoms with Gasteiger partial charge in [-0.25, -0.2) is 0 Å². The van der Waals surface area contributed by atoms with Crippen molar-refractivity contribution >= 4 is 150 Å². The van der Waals surface area contributed by atoms with Gasteiger partial charge in [-0.1, -0.05) is 134 Å². The maximum Gasteiger partial charge on any atom is 0.298 e. The average molecular weight is 1280 g/mol. The first-order valence-electron chi connectivity index (χ1n) is 25.3. The van der Waals surface area contributed by atoms with Crippen molar-refractivity contribution < 1.29 is 51.2 Å². The van der Waals surface area contributed by atoms with Crippen molar-refractivity contribution in [1.82, 2.24) is 16.0 Å². The minimum atomic E-state index is -4.65. The van der Waals surface area contributed by atoms with Crippen LogP contribution in [0, 0.1) is 43.9 Å². The van der Waals surface area contributed by atoms with Gasteiger partial charge in [-0.2, -0.15) is 38.7 Å². The van der Waals surface area contributed by atoms with E-state index >= 15 is 0 Å². The molecule has 3 aliphatic heterocycles. The lowest BCUT2D eigenvalue weighted by atomic mass is 9.95. The molecular weight excluding hydrogens is 1220 g/mol. The number of amidine groups is 3. The predicted molar refractivity (Wildman–Crippen MR) is 323 cm³/mol. The van der Waals surface area contributed by atoms with Crippen LogP contribution in [-0.2, 0) is 38.9 Å². The van der Waals surface area contributed by atoms with Crippen molar-refractivity contribution in [3.8, 4) is 17.2 Å². The summed E-state index contributed by atoms with van der Waals surface area (Å²) in [5.74, 6) is -2.66. The zero-order valence-electron chi connectivity index (χ0n) is 46.5. The van der Waals surface area contributed by atoms with E-state index in [0.29, 0.717) is 28.6 Å². The molecule has 0 radical (unpaired) electrons. The third-order valence-corrected chi connectivity index (χ3v) is 15.8. The molecular formula is C56H57Cl6N9O11S. The van der Waals surface area contributed by atoms with Crippen LogP contribution in [0.25, 0.3) is 0 Å². The van der Waals surface area contributed by atoms with E-state index in [-0.39, 0.29) is 83.4 Å². The monoisotopic (exact) mass is 1270 g/mol. The molecule has 4 unspecified atom stereocenters. The molecule has 83 heavy (non-hydrogen) atoms. The number of hydrogen-bond acceptors (Lipinski definition) is 13. The van der Waals surface area contributed by atoms with Gasteiger partial charge < -0.3 is 25.4 Å². The number of carbonyl (C=O) groups excluding carboxylic acids is 6. The molecule has 0 saturated heterocycles. The predicted octanol–water partition coefficient (Wildman–Crippen LogP) is 12.1. The first kappa shape index (κ1) is 65.3. The molecule has 3 heterocycles. The number of benzene rings is 5. The van der Waals surface area contributed by atoms with Gasteiger partial charge in [0, 0.05) is 12.3 Å². The van der Waals surface area contributed by atoms with Crippen molar-refractivity contribution in [2.45, 2.75) is 93.6 Å². The number of amides is 6. The van der Waals surface area contributed by atoms with Gasteiger partial charge in [-0.3, -0.25) is 33.3 Å². The Labute approximate surface area is 509 Å². The van der Waals surface area contributed by atoms with Crippen LogP contribution < -0.4 is 40.5 Å². The van der Waals surface area contributed by atoms with Gasteiger partial charge in [0.05, 0.1) is 59.3 Å². The molecule has 8 rings (SSSR count). The number of hydrazone groups is 3. The Balaban J connectivity index is 0.000000201. The molecule has 20 nitrogen and oxygen atoms in total. The van der Waals surface area contributed by atoms with E-state index in [1.807, 2.05) is 58.0 Å². The van der Waals surface area contributed by atoms with Gasteiger partial charge in [-0.15, -0.1) is 0 Å². The van der Waals surface area contributed by atoms with E-state index in [9.17, 15) is 41.7 Å². The summed E-state index contributed by atoms with van der Waals surface area (Å²) in [4.78, 5) is 73.6. The molecule has 5 aromatic rings. The number of rotatable bonds is 10. The number of aryl methyl sites for hydroxylation is 3. The quantitative estimate of drug-likeness (QED) is 0.0581. The van der Waals surface area contributed by atoms with E-state index < -0.39 is 56.1 Å². The Morgan fingerprint density at radius 3 is 1.66 bits per heavy atom. The second kappa shape index (κ2) is 26.8. The number of hydrogen-bond donors (Lipinski definition) is 4. The molecule has 4 atom stereocenters. The van der Waals surface area contributed by atoms with Crippen molar-refractivity contribution in [2.75, 3.05) is 15.0 Å². The number of halogens is 6. The van der Waals surface area contributed by atoms with Crippen LogP contribution in [-0.4, -0.2) is 72.0 Å². The van der Waals surface area contributed by atoms with Crippen LogP contribution in [0.15, 0.2) is 105 Å². The summed E-state index contributed by atoms with van der Waals surface area (Å²) in [6.45, 7) is 19.0. The maximum atomic E-state index is 12.8. The van der Waals surface area contributed by atoms with Crippen molar-refractivity contribution in [2.24, 2.45) is 38.5 Å². The summed E-state index contributed by atoms with van der Waals surface area (Å²) in [6.07, 6.45) is -0.224. The molecule has 0 bridgehead atoms. The van der Waals surface area contributed by atoms with Gasteiger partial charge in [0.2, 0.25) is 11.8 Å². The number of carbonyl (C=O) groups is 6. The second-order valence-corrected chi connectivity index (χ2v) is 23.8. The smallest absolute Gasteiger partial charge is 0.298 e. The fraction of sp³-hybridized carbons (Fsp3) is 0.304. The summed E-state index contributed by atoms with van der Waals surface area (Å²) in [5.41, 5.74) is 2.88. The lowest BCUT2D eigenvalue weighted by molar-refractivity contribution is -0.127. The van der Waals surface area contributed by atoms with Crippen LogP contribution in [0.3, 0.4) is 0 Å². The van der Waals surface area contributed by atoms with Gasteiger partial charge in [0.25, 0.3) is 33.7 Å². The van der Waals surface area contributed by atoms with Gasteiger partial charge >= 0.3 is 0 Å². The summed E-state index contributed by atoms with van der Waals surface area (Å²) in [5, 5.41) is 23.9. The molecule has 27 heteroatoms. The Morgan fingerprint density at radius 2 is 1.14 bits per heavy atom. The van der Waals surface area contributed by atoms with Gasteiger partial charge in [-0.05, 0) is 113 Å². The molecule has 0 saturated carbocycles. The fourth-order valence-electron chi connectivity index (χ4n) is 7.89. The van der Waals surface area contributed by atoms with E-state index in [1.54, 1.807) is 77.9 Å². The van der Waals surface area contributed by atoms with E-state index in [0.717, 1.165) is 32.8 Å². The molecule has 0 spiro atoms. The Bertz CT molecular complexity index is 3580. The number of ether oxygens (including phenoxy) is 2. The molecule has 0 aromatic heterocycles. The van der Waals surface area contributed by atoms with E-state index in [2.05, 4.69) is 31.3 Å². The number of anilines is 3. The minimum Gasteiger partial charge on any atom is -0.481 e. The van der Waals surface area contributed by atoms with Crippen LogP contribution in [0.5, 0.6) is 17.2 Å². The van der Waals surface area contributed by atoms with Crippen LogP contribution >= 0.6 is 69.6 Å². The highest BCUT2D eigenvalue weighted by Gasteiger charge is 2.40. The van der Waals surface area contributed by atoms with E-state index in [4.69, 9.17) is 79.1 Å². The van der Waals surface area contributed by atoms with Crippen molar-refractivity contribution in [1.29, 1.82) is 0 Å². The van der Waals surface area contributed by atoms with Crippen LogP contribution in [0.1, 0.15) is 78.5 Å². The Kier molecular flexibility index (Phi) is 21.1. The van der Waals surface area contributed by atoms with Gasteiger partial charge in [0.15, 0.2) is 6.10 Å². The molecule has 0 aliphatic carbocycles. The maximum absolute atomic E-state index is 12.8. The topological polar surface area (TPSA) is 258 Å². The molecule has 4 N–H and O–H groups in total. The van der Waals surface area contributed by atoms with Crippen LogP contribution in [0.4, 0.5) is 17.1 Å². The molecule has 3 aliphatic rings. The summed E-state index contributed by atoms with van der Waals surface area (Å²) >= 11 is 36.8. The first-order chi connectivity index (χ1) is 38.7. The van der Waals surface area contributed by atoms with Crippen molar-refractivity contribution in [3.05, 3.63) is 132 Å². The third kappa shape index (κ3) is 15.3. The molecule has 0 fully saturated rings. The SMILES string of the molecule is CC(=O)NC1=NN(c2ccc(Oc3ccccc3)c(S(=O)(=O)O)c2)C(=O)C1C.CC1C(=O)N(c2c(Cl)c(Cl)c(Cl)c(Cl)c2Cl)N=C1NC(=O)C(C)(C)C.CCC(Oc1cccc(C)c1)C(=O)NC1=NN(c2c(C)cc(C)cc2Cl)C(=O)C1C. The normalized spacial score (nSPS) is 17.1. The Hall–Kier alpha value is -6.82. The largest absolute Gasteiger partial charge is 0.481 e. The zero-order valence-corrected chi connectivity index (χ0v) is 51.8. The zero-order chi connectivity index (χ0) is 61.7. The summed E-state index contributed by atoms with van der Waals surface area (Å²) < 4.78 is 44.7. The molecule has 6 amide bonds. The summed E-state index contributed by atoms with van der Waals surface area (Å²) in [7, 11) is -4.65. The first-order valence-corrected chi connectivity index (χ1v) is 29.0. The fourth-order valence-corrected chi connectivity index (χ4v) is 10.2. The lowest BCUT2D eigenvalue weighted by Crippen LogP contribution is -2.43. The highest BCUT2D eigenvalue weighted by molar-refractivity contribution is 7.86.